The summed E-state index contributed by atoms with van der Waals surface area (Å²) in [7, 11) is 0. The Morgan fingerprint density at radius 3 is 2.62 bits per heavy atom. The first-order chi connectivity index (χ1) is 12.7. The van der Waals surface area contributed by atoms with Crippen molar-refractivity contribution in [1.29, 1.82) is 5.26 Å². The molecular formula is C22H25N3O. The van der Waals surface area contributed by atoms with E-state index in [1.165, 1.54) is 5.56 Å². The molecule has 4 nitrogen and oxygen atoms in total. The molecule has 1 unspecified atom stereocenters. The van der Waals surface area contributed by atoms with Crippen LogP contribution < -0.4 is 5.32 Å². The van der Waals surface area contributed by atoms with Crippen LogP contribution in [-0.2, 0) is 11.2 Å². The van der Waals surface area contributed by atoms with E-state index in [-0.39, 0.29) is 11.9 Å². The van der Waals surface area contributed by atoms with Gasteiger partial charge in [-0.15, -0.1) is 0 Å². The summed E-state index contributed by atoms with van der Waals surface area (Å²) >= 11 is 0. The van der Waals surface area contributed by atoms with E-state index in [4.69, 9.17) is 5.26 Å². The van der Waals surface area contributed by atoms with Gasteiger partial charge in [0.1, 0.15) is 0 Å². The minimum Gasteiger partial charge on any atom is -0.325 e. The summed E-state index contributed by atoms with van der Waals surface area (Å²) in [5.41, 5.74) is 2.63. The second-order valence-corrected chi connectivity index (χ2v) is 7.03. The lowest BCUT2D eigenvalue weighted by Crippen LogP contribution is -2.46. The Hall–Kier alpha value is -2.64. The zero-order chi connectivity index (χ0) is 18.4. The van der Waals surface area contributed by atoms with Crippen LogP contribution >= 0.6 is 0 Å². The van der Waals surface area contributed by atoms with Crippen LogP contribution in [0.5, 0.6) is 0 Å². The maximum atomic E-state index is 12.5. The van der Waals surface area contributed by atoms with Crippen molar-refractivity contribution < 1.29 is 4.79 Å². The van der Waals surface area contributed by atoms with Crippen molar-refractivity contribution in [1.82, 2.24) is 4.90 Å². The van der Waals surface area contributed by atoms with E-state index in [2.05, 4.69) is 46.6 Å². The Morgan fingerprint density at radius 1 is 1.19 bits per heavy atom. The number of rotatable bonds is 5. The molecule has 1 aliphatic heterocycles. The van der Waals surface area contributed by atoms with Crippen molar-refractivity contribution in [3.05, 3.63) is 65.7 Å². The zero-order valence-electron chi connectivity index (χ0n) is 15.2. The minimum atomic E-state index is -0.168. The molecule has 1 amide bonds. The third-order valence-electron chi connectivity index (χ3n) is 5.20. The van der Waals surface area contributed by atoms with Crippen molar-refractivity contribution in [2.75, 3.05) is 18.4 Å². The predicted molar refractivity (Wildman–Crippen MR) is 104 cm³/mol. The molecule has 0 saturated carbocycles. The lowest BCUT2D eigenvalue weighted by molar-refractivity contribution is -0.121. The van der Waals surface area contributed by atoms with Gasteiger partial charge in [-0.3, -0.25) is 9.69 Å². The van der Waals surface area contributed by atoms with Crippen molar-refractivity contribution in [2.24, 2.45) is 5.92 Å². The third kappa shape index (κ3) is 4.71. The van der Waals surface area contributed by atoms with E-state index in [9.17, 15) is 4.79 Å². The normalized spacial score (nSPS) is 16.6. The van der Waals surface area contributed by atoms with Gasteiger partial charge in [-0.25, -0.2) is 0 Å². The number of benzene rings is 2. The highest BCUT2D eigenvalue weighted by Crippen LogP contribution is 2.23. The summed E-state index contributed by atoms with van der Waals surface area (Å²) in [5, 5.41) is 11.9. The Morgan fingerprint density at radius 2 is 1.92 bits per heavy atom. The quantitative estimate of drug-likeness (QED) is 0.894. The van der Waals surface area contributed by atoms with Crippen LogP contribution in [0.4, 0.5) is 5.69 Å². The second kappa shape index (κ2) is 8.64. The van der Waals surface area contributed by atoms with Crippen LogP contribution in [0.1, 0.15) is 30.9 Å². The average molecular weight is 347 g/mol. The monoisotopic (exact) mass is 347 g/mol. The highest BCUT2D eigenvalue weighted by molar-refractivity contribution is 5.94. The van der Waals surface area contributed by atoms with Crippen LogP contribution in [0.25, 0.3) is 0 Å². The summed E-state index contributed by atoms with van der Waals surface area (Å²) in [4.78, 5) is 14.8. The molecule has 1 heterocycles. The fraction of sp³-hybridized carbons (Fsp3) is 0.364. The van der Waals surface area contributed by atoms with E-state index in [0.29, 0.717) is 17.2 Å². The first-order valence-electron chi connectivity index (χ1n) is 9.24. The van der Waals surface area contributed by atoms with Gasteiger partial charge < -0.3 is 5.32 Å². The maximum Gasteiger partial charge on any atom is 0.241 e. The third-order valence-corrected chi connectivity index (χ3v) is 5.20. The fourth-order valence-corrected chi connectivity index (χ4v) is 3.57. The van der Waals surface area contributed by atoms with Crippen molar-refractivity contribution >= 4 is 11.6 Å². The number of carbonyl (C=O) groups is 1. The van der Waals surface area contributed by atoms with Crippen LogP contribution in [0.2, 0.25) is 0 Å². The number of nitriles is 1. The van der Waals surface area contributed by atoms with E-state index < -0.39 is 0 Å². The number of nitrogens with one attached hydrogen (secondary N) is 1. The molecule has 1 saturated heterocycles. The number of piperidine rings is 1. The number of carbonyl (C=O) groups excluding carboxylic acids is 1. The van der Waals surface area contributed by atoms with Gasteiger partial charge >= 0.3 is 0 Å². The average Bonchev–Trinajstić information content (AvgIpc) is 2.69. The number of hydrogen-bond acceptors (Lipinski definition) is 3. The van der Waals surface area contributed by atoms with Gasteiger partial charge in [-0.05, 0) is 69.0 Å². The van der Waals surface area contributed by atoms with E-state index >= 15 is 0 Å². The number of anilines is 1. The molecule has 1 fully saturated rings. The molecule has 0 radical (unpaired) electrons. The van der Waals surface area contributed by atoms with E-state index in [1.807, 2.05) is 13.0 Å². The van der Waals surface area contributed by atoms with Gasteiger partial charge in [0.25, 0.3) is 0 Å². The molecule has 1 N–H and O–H groups in total. The first kappa shape index (κ1) is 18.2. The molecule has 0 aromatic heterocycles. The van der Waals surface area contributed by atoms with Crippen LogP contribution in [0.3, 0.4) is 0 Å². The van der Waals surface area contributed by atoms with Crippen molar-refractivity contribution in [2.45, 2.75) is 32.2 Å². The van der Waals surface area contributed by atoms with Crippen molar-refractivity contribution in [3.8, 4) is 6.07 Å². The molecule has 0 aliphatic carbocycles. The lowest BCUT2D eigenvalue weighted by atomic mass is 9.89. The molecule has 26 heavy (non-hydrogen) atoms. The molecule has 4 heteroatoms. The molecule has 2 aromatic carbocycles. The maximum absolute atomic E-state index is 12.5. The van der Waals surface area contributed by atoms with Gasteiger partial charge in [0.2, 0.25) is 5.91 Å². The molecule has 1 atom stereocenters. The molecule has 0 bridgehead atoms. The fourth-order valence-electron chi connectivity index (χ4n) is 3.57. The number of likely N-dealkylation sites (tertiary alicyclic amines) is 1. The molecule has 1 aliphatic rings. The zero-order valence-corrected chi connectivity index (χ0v) is 15.2. The Balaban J connectivity index is 1.50. The largest absolute Gasteiger partial charge is 0.325 e. The van der Waals surface area contributed by atoms with E-state index in [1.54, 1.807) is 18.2 Å². The summed E-state index contributed by atoms with van der Waals surface area (Å²) in [5.74, 6) is 0.679. The van der Waals surface area contributed by atoms with Crippen LogP contribution in [0.15, 0.2) is 54.6 Å². The summed E-state index contributed by atoms with van der Waals surface area (Å²) in [6, 6.07) is 19.6. The molecule has 0 spiro atoms. The van der Waals surface area contributed by atoms with Gasteiger partial charge in [-0.1, -0.05) is 36.4 Å². The topological polar surface area (TPSA) is 56.1 Å². The van der Waals surface area contributed by atoms with Crippen molar-refractivity contribution in [3.63, 3.8) is 0 Å². The molecule has 2 aromatic rings. The van der Waals surface area contributed by atoms with Gasteiger partial charge in [0.05, 0.1) is 17.7 Å². The number of amides is 1. The first-order valence-corrected chi connectivity index (χ1v) is 9.24. The van der Waals surface area contributed by atoms with Gasteiger partial charge in [0.15, 0.2) is 0 Å². The molecular weight excluding hydrogens is 322 g/mol. The SMILES string of the molecule is CC(C(=O)Nc1cccc(C#N)c1)N1CCC(Cc2ccccc2)CC1. The standard InChI is InChI=1S/C22H25N3O/c1-17(22(26)24-21-9-5-8-20(15-21)16-23)25-12-10-19(11-13-25)14-18-6-3-2-4-7-18/h2-9,15,17,19H,10-14H2,1H3,(H,24,26). The second-order valence-electron chi connectivity index (χ2n) is 7.03. The number of nitrogens with zero attached hydrogens (tertiary/aromatic N) is 2. The predicted octanol–water partition coefficient (Wildman–Crippen LogP) is 3.84. The van der Waals surface area contributed by atoms with Crippen LogP contribution in [-0.4, -0.2) is 29.9 Å². The number of hydrogen-bond donors (Lipinski definition) is 1. The summed E-state index contributed by atoms with van der Waals surface area (Å²) in [6.07, 6.45) is 3.36. The summed E-state index contributed by atoms with van der Waals surface area (Å²) in [6.45, 7) is 3.86. The molecule has 134 valence electrons. The minimum absolute atomic E-state index is 0.0124. The van der Waals surface area contributed by atoms with Gasteiger partial charge in [-0.2, -0.15) is 5.26 Å². The Bertz CT molecular complexity index is 773. The van der Waals surface area contributed by atoms with E-state index in [0.717, 1.165) is 32.4 Å². The summed E-state index contributed by atoms with van der Waals surface area (Å²) < 4.78 is 0. The van der Waals surface area contributed by atoms with Crippen LogP contribution in [0, 0.1) is 17.2 Å². The van der Waals surface area contributed by atoms with Gasteiger partial charge in [0, 0.05) is 5.69 Å². The molecule has 3 rings (SSSR count). The highest BCUT2D eigenvalue weighted by atomic mass is 16.2. The smallest absolute Gasteiger partial charge is 0.241 e. The Labute approximate surface area is 155 Å². The Kier molecular flexibility index (Phi) is 6.04. The highest BCUT2D eigenvalue weighted by Gasteiger charge is 2.26. The lowest BCUT2D eigenvalue weighted by Gasteiger charge is -2.35.